The first-order valence-corrected chi connectivity index (χ1v) is 8.69. The van der Waals surface area contributed by atoms with E-state index in [9.17, 15) is 12.8 Å². The summed E-state index contributed by atoms with van der Waals surface area (Å²) in [5.41, 5.74) is 7.56. The average Bonchev–Trinajstić information content (AvgIpc) is 2.50. The van der Waals surface area contributed by atoms with E-state index in [0.717, 1.165) is 11.3 Å². The minimum atomic E-state index is -2.94. The highest BCUT2D eigenvalue weighted by Crippen LogP contribution is 2.24. The molecule has 0 bridgehead atoms. The van der Waals surface area contributed by atoms with Crippen LogP contribution in [-0.2, 0) is 16.3 Å². The lowest BCUT2D eigenvalue weighted by Crippen LogP contribution is -2.29. The molecule has 0 spiro atoms. The molecule has 1 aromatic carbocycles. The van der Waals surface area contributed by atoms with E-state index in [1.807, 2.05) is 11.8 Å². The normalized spacial score (nSPS) is 20.4. The van der Waals surface area contributed by atoms with Crippen molar-refractivity contribution in [1.29, 1.82) is 0 Å². The Balaban J connectivity index is 2.27. The predicted molar refractivity (Wildman–Crippen MR) is 79.2 cm³/mol. The van der Waals surface area contributed by atoms with E-state index in [2.05, 4.69) is 0 Å². The lowest BCUT2D eigenvalue weighted by molar-refractivity contribution is 0.597. The zero-order chi connectivity index (χ0) is 14.8. The van der Waals surface area contributed by atoms with Crippen LogP contribution in [0.4, 0.5) is 10.1 Å². The molecular formula is C14H21FN2O2S. The fourth-order valence-electron chi connectivity index (χ4n) is 2.55. The van der Waals surface area contributed by atoms with Gasteiger partial charge in [0.2, 0.25) is 0 Å². The number of halogens is 1. The molecule has 2 N–H and O–H groups in total. The first-order chi connectivity index (χ1) is 9.37. The number of nitrogens with zero attached hydrogens (tertiary/aromatic N) is 1. The number of rotatable bonds is 3. The Hall–Kier alpha value is -1.14. The third-order valence-electron chi connectivity index (χ3n) is 3.48. The van der Waals surface area contributed by atoms with Crippen molar-refractivity contribution in [2.45, 2.75) is 25.8 Å². The minimum Gasteiger partial charge on any atom is -0.370 e. The maximum Gasteiger partial charge on any atom is 0.152 e. The van der Waals surface area contributed by atoms with Gasteiger partial charge in [0, 0.05) is 24.8 Å². The fraction of sp³-hybridized carbons (Fsp3) is 0.571. The van der Waals surface area contributed by atoms with Crippen LogP contribution in [0.2, 0.25) is 0 Å². The first-order valence-electron chi connectivity index (χ1n) is 6.87. The van der Waals surface area contributed by atoms with Gasteiger partial charge in [-0.1, -0.05) is 0 Å². The van der Waals surface area contributed by atoms with Gasteiger partial charge in [0.25, 0.3) is 0 Å². The monoisotopic (exact) mass is 300 g/mol. The van der Waals surface area contributed by atoms with E-state index in [-0.39, 0.29) is 23.4 Å². The second-order valence-corrected chi connectivity index (χ2v) is 7.75. The van der Waals surface area contributed by atoms with Crippen molar-refractivity contribution >= 4 is 15.5 Å². The van der Waals surface area contributed by atoms with Crippen LogP contribution >= 0.6 is 0 Å². The number of hydrogen-bond donors (Lipinski definition) is 1. The lowest BCUT2D eigenvalue weighted by atomic mass is 10.0. The number of sulfone groups is 1. The van der Waals surface area contributed by atoms with Gasteiger partial charge in [-0.15, -0.1) is 0 Å². The predicted octanol–water partition coefficient (Wildman–Crippen LogP) is 1.34. The largest absolute Gasteiger partial charge is 0.370 e. The zero-order valence-corrected chi connectivity index (χ0v) is 12.5. The molecule has 2 rings (SSSR count). The summed E-state index contributed by atoms with van der Waals surface area (Å²) in [6.45, 7) is 3.01. The molecular weight excluding hydrogens is 279 g/mol. The quantitative estimate of drug-likeness (QED) is 0.915. The Bertz CT molecular complexity index is 573. The van der Waals surface area contributed by atoms with Gasteiger partial charge in [0.05, 0.1) is 11.5 Å². The van der Waals surface area contributed by atoms with Crippen LogP contribution in [0.1, 0.15) is 18.9 Å². The number of nitrogens with two attached hydrogens (primary N) is 1. The third-order valence-corrected chi connectivity index (χ3v) is 5.19. The molecule has 1 fully saturated rings. The van der Waals surface area contributed by atoms with E-state index in [1.165, 1.54) is 12.1 Å². The molecule has 20 heavy (non-hydrogen) atoms. The Morgan fingerprint density at radius 1 is 1.35 bits per heavy atom. The zero-order valence-electron chi connectivity index (χ0n) is 11.7. The summed E-state index contributed by atoms with van der Waals surface area (Å²) in [5.74, 6) is 0.0989. The molecule has 1 saturated heterocycles. The Labute approximate surface area is 119 Å². The summed E-state index contributed by atoms with van der Waals surface area (Å²) in [6, 6.07) is 4.58. The van der Waals surface area contributed by atoms with Crippen LogP contribution < -0.4 is 10.6 Å². The number of anilines is 1. The smallest absolute Gasteiger partial charge is 0.152 e. The molecule has 0 saturated carbocycles. The maximum atomic E-state index is 13.4. The van der Waals surface area contributed by atoms with Crippen molar-refractivity contribution in [3.8, 4) is 0 Å². The SMILES string of the molecule is CC(N)Cc1cc(F)ccc1N1CCCS(=O)(=O)CC1. The van der Waals surface area contributed by atoms with E-state index < -0.39 is 9.84 Å². The van der Waals surface area contributed by atoms with Crippen molar-refractivity contribution < 1.29 is 12.8 Å². The second-order valence-electron chi connectivity index (χ2n) is 5.45. The van der Waals surface area contributed by atoms with Crippen molar-refractivity contribution in [3.05, 3.63) is 29.6 Å². The Morgan fingerprint density at radius 3 is 2.80 bits per heavy atom. The molecule has 1 atom stereocenters. The van der Waals surface area contributed by atoms with Crippen LogP contribution in [0.3, 0.4) is 0 Å². The van der Waals surface area contributed by atoms with Crippen molar-refractivity contribution in [3.63, 3.8) is 0 Å². The molecule has 1 aromatic rings. The highest BCUT2D eigenvalue weighted by atomic mass is 32.2. The van der Waals surface area contributed by atoms with Crippen molar-refractivity contribution in [1.82, 2.24) is 0 Å². The molecule has 0 amide bonds. The van der Waals surface area contributed by atoms with E-state index in [0.29, 0.717) is 25.9 Å². The summed E-state index contributed by atoms with van der Waals surface area (Å²) >= 11 is 0. The van der Waals surface area contributed by atoms with E-state index >= 15 is 0 Å². The fourth-order valence-corrected chi connectivity index (χ4v) is 3.82. The van der Waals surface area contributed by atoms with Crippen LogP contribution in [0.15, 0.2) is 18.2 Å². The molecule has 1 unspecified atom stereocenters. The summed E-state index contributed by atoms with van der Waals surface area (Å²) in [6.07, 6.45) is 1.19. The molecule has 0 radical (unpaired) electrons. The highest BCUT2D eigenvalue weighted by Gasteiger charge is 2.21. The van der Waals surface area contributed by atoms with Gasteiger partial charge in [-0.3, -0.25) is 0 Å². The molecule has 1 heterocycles. The molecule has 4 nitrogen and oxygen atoms in total. The summed E-state index contributed by atoms with van der Waals surface area (Å²) in [7, 11) is -2.94. The van der Waals surface area contributed by atoms with Crippen molar-refractivity contribution in [2.24, 2.45) is 5.73 Å². The number of hydrogen-bond acceptors (Lipinski definition) is 4. The molecule has 112 valence electrons. The van der Waals surface area contributed by atoms with Crippen LogP contribution in [0.5, 0.6) is 0 Å². The van der Waals surface area contributed by atoms with Gasteiger partial charge < -0.3 is 10.6 Å². The lowest BCUT2D eigenvalue weighted by Gasteiger charge is -2.25. The van der Waals surface area contributed by atoms with Gasteiger partial charge in [0.1, 0.15) is 5.82 Å². The van der Waals surface area contributed by atoms with Gasteiger partial charge in [-0.05, 0) is 43.5 Å². The molecule has 1 aliphatic heterocycles. The van der Waals surface area contributed by atoms with Crippen LogP contribution in [0, 0.1) is 5.82 Å². The highest BCUT2D eigenvalue weighted by molar-refractivity contribution is 7.91. The number of benzene rings is 1. The van der Waals surface area contributed by atoms with Crippen molar-refractivity contribution in [2.75, 3.05) is 29.5 Å². The van der Waals surface area contributed by atoms with Gasteiger partial charge in [-0.25, -0.2) is 12.8 Å². The maximum absolute atomic E-state index is 13.4. The third kappa shape index (κ3) is 3.93. The topological polar surface area (TPSA) is 63.4 Å². The molecule has 1 aliphatic rings. The first kappa shape index (κ1) is 15.3. The van der Waals surface area contributed by atoms with E-state index in [4.69, 9.17) is 5.73 Å². The summed E-state index contributed by atoms with van der Waals surface area (Å²) in [4.78, 5) is 2.03. The van der Waals surface area contributed by atoms with Gasteiger partial charge in [-0.2, -0.15) is 0 Å². The minimum absolute atomic E-state index is 0.0636. The summed E-state index contributed by atoms with van der Waals surface area (Å²) < 4.78 is 36.7. The van der Waals surface area contributed by atoms with Gasteiger partial charge in [0.15, 0.2) is 9.84 Å². The van der Waals surface area contributed by atoms with Crippen LogP contribution in [0.25, 0.3) is 0 Å². The summed E-state index contributed by atoms with van der Waals surface area (Å²) in [5, 5.41) is 0. The van der Waals surface area contributed by atoms with Gasteiger partial charge >= 0.3 is 0 Å². The van der Waals surface area contributed by atoms with E-state index in [1.54, 1.807) is 6.07 Å². The molecule has 0 aliphatic carbocycles. The second kappa shape index (κ2) is 6.10. The average molecular weight is 300 g/mol. The molecule has 6 heteroatoms. The standard InChI is InChI=1S/C14H21FN2O2S/c1-11(16)9-12-10-13(15)3-4-14(12)17-5-2-7-20(18,19)8-6-17/h3-4,10-11H,2,5-9,16H2,1H3. The Kier molecular flexibility index (Phi) is 4.65. The molecule has 0 aromatic heterocycles. The Morgan fingerprint density at radius 2 is 2.10 bits per heavy atom. The van der Waals surface area contributed by atoms with Crippen LogP contribution in [-0.4, -0.2) is 39.1 Å².